The van der Waals surface area contributed by atoms with Crippen molar-refractivity contribution in [1.82, 2.24) is 19.6 Å². The number of rotatable bonds is 5. The quantitative estimate of drug-likeness (QED) is 0.314. The minimum Gasteiger partial charge on any atom is -0.255 e. The molecule has 0 radical (unpaired) electrons. The van der Waals surface area contributed by atoms with Crippen molar-refractivity contribution in [3.8, 4) is 21.1 Å². The molecule has 0 unspecified atom stereocenters. The van der Waals surface area contributed by atoms with E-state index in [9.17, 15) is 13.2 Å². The van der Waals surface area contributed by atoms with E-state index < -0.39 is 11.7 Å². The van der Waals surface area contributed by atoms with Gasteiger partial charge in [-0.2, -0.15) is 18.3 Å². The number of hydrogen-bond acceptors (Lipinski definition) is 4. The Kier molecular flexibility index (Phi) is 5.83. The second-order valence-electron chi connectivity index (χ2n) is 8.09. The molecule has 4 aromatic rings. The molecule has 0 spiro atoms. The van der Waals surface area contributed by atoms with Gasteiger partial charge in [0, 0.05) is 11.8 Å². The molecule has 0 fully saturated rings. The van der Waals surface area contributed by atoms with Crippen LogP contribution in [-0.2, 0) is 6.18 Å². The fourth-order valence-corrected chi connectivity index (χ4v) is 5.35. The molecular weight excluding hydrogens is 433 g/mol. The molecule has 0 aliphatic rings. The molecule has 0 atom stereocenters. The fourth-order valence-electron chi connectivity index (χ4n) is 4.12. The number of halogens is 3. The summed E-state index contributed by atoms with van der Waals surface area (Å²) in [5.41, 5.74) is 5.60. The lowest BCUT2D eigenvalue weighted by molar-refractivity contribution is -0.137. The summed E-state index contributed by atoms with van der Waals surface area (Å²) in [6, 6.07) is 6.59. The van der Waals surface area contributed by atoms with E-state index >= 15 is 0 Å². The molecule has 8 heteroatoms. The SMILES string of the molecule is CCC(CC)c1cc(C)nn2c(-c3sc(-c4ccc(C(F)(F)F)cn4)cc3C)c(C)nc12. The summed E-state index contributed by atoms with van der Waals surface area (Å²) < 4.78 is 40.6. The van der Waals surface area contributed by atoms with Crippen LogP contribution in [-0.4, -0.2) is 19.6 Å². The normalized spacial score (nSPS) is 12.3. The van der Waals surface area contributed by atoms with E-state index in [0.29, 0.717) is 11.6 Å². The number of aryl methyl sites for hydroxylation is 3. The lowest BCUT2D eigenvalue weighted by atomic mass is 9.95. The molecule has 0 N–H and O–H groups in total. The maximum absolute atomic E-state index is 12.9. The molecule has 0 amide bonds. The van der Waals surface area contributed by atoms with Crippen molar-refractivity contribution in [2.24, 2.45) is 0 Å². The molecule has 168 valence electrons. The number of imidazole rings is 1. The van der Waals surface area contributed by atoms with E-state index in [1.807, 2.05) is 31.4 Å². The van der Waals surface area contributed by atoms with Crippen LogP contribution in [0.4, 0.5) is 13.2 Å². The highest BCUT2D eigenvalue weighted by Crippen LogP contribution is 2.40. The van der Waals surface area contributed by atoms with Crippen LogP contribution < -0.4 is 0 Å². The Morgan fingerprint density at radius 1 is 1.06 bits per heavy atom. The van der Waals surface area contributed by atoms with Gasteiger partial charge in [-0.1, -0.05) is 13.8 Å². The highest BCUT2D eigenvalue weighted by molar-refractivity contribution is 7.19. The first kappa shape index (κ1) is 22.5. The Balaban J connectivity index is 1.84. The zero-order valence-corrected chi connectivity index (χ0v) is 19.5. The monoisotopic (exact) mass is 458 g/mol. The van der Waals surface area contributed by atoms with E-state index in [0.717, 1.165) is 63.2 Å². The van der Waals surface area contributed by atoms with E-state index in [2.05, 4.69) is 24.9 Å². The molecule has 32 heavy (non-hydrogen) atoms. The van der Waals surface area contributed by atoms with Crippen LogP contribution in [0.5, 0.6) is 0 Å². The van der Waals surface area contributed by atoms with Crippen molar-refractivity contribution in [3.05, 3.63) is 58.5 Å². The van der Waals surface area contributed by atoms with E-state index in [1.54, 1.807) is 0 Å². The first-order chi connectivity index (χ1) is 15.1. The zero-order chi connectivity index (χ0) is 23.2. The number of thiophene rings is 1. The number of aromatic nitrogens is 4. The van der Waals surface area contributed by atoms with Gasteiger partial charge < -0.3 is 0 Å². The lowest BCUT2D eigenvalue weighted by Gasteiger charge is -2.14. The summed E-state index contributed by atoms with van der Waals surface area (Å²) in [5.74, 6) is 0.408. The lowest BCUT2D eigenvalue weighted by Crippen LogP contribution is -2.05. The van der Waals surface area contributed by atoms with Crippen LogP contribution in [0, 0.1) is 20.8 Å². The minimum atomic E-state index is -4.40. The van der Waals surface area contributed by atoms with Crippen molar-refractivity contribution >= 4 is 17.0 Å². The van der Waals surface area contributed by atoms with Crippen LogP contribution in [0.3, 0.4) is 0 Å². The highest BCUT2D eigenvalue weighted by Gasteiger charge is 2.31. The van der Waals surface area contributed by atoms with E-state index in [-0.39, 0.29) is 0 Å². The molecule has 0 aromatic carbocycles. The maximum Gasteiger partial charge on any atom is 0.417 e. The maximum atomic E-state index is 12.9. The van der Waals surface area contributed by atoms with Crippen LogP contribution in [0.1, 0.15) is 60.7 Å². The molecule has 0 saturated carbocycles. The number of alkyl halides is 3. The molecule has 0 aliphatic carbocycles. The average Bonchev–Trinajstić information content (AvgIpc) is 3.27. The molecule has 4 nitrogen and oxygen atoms in total. The van der Waals surface area contributed by atoms with Gasteiger partial charge in [0.15, 0.2) is 5.65 Å². The number of hydrogen-bond donors (Lipinski definition) is 0. The van der Waals surface area contributed by atoms with Crippen molar-refractivity contribution in [2.45, 2.75) is 59.6 Å². The molecule has 4 heterocycles. The Morgan fingerprint density at radius 2 is 1.78 bits per heavy atom. The van der Waals surface area contributed by atoms with Crippen molar-refractivity contribution in [2.75, 3.05) is 0 Å². The molecular formula is C24H25F3N4S. The summed E-state index contributed by atoms with van der Waals surface area (Å²) >= 11 is 1.50. The molecule has 4 aromatic heterocycles. The third kappa shape index (κ3) is 3.92. The Hall–Kier alpha value is -2.74. The summed E-state index contributed by atoms with van der Waals surface area (Å²) in [6.45, 7) is 10.3. The fraction of sp³-hybridized carbons (Fsp3) is 0.375. The summed E-state index contributed by atoms with van der Waals surface area (Å²) in [6.07, 6.45) is -1.46. The molecule has 4 rings (SSSR count). The van der Waals surface area contributed by atoms with Gasteiger partial charge in [-0.3, -0.25) is 4.98 Å². The van der Waals surface area contributed by atoms with E-state index in [4.69, 9.17) is 10.1 Å². The summed E-state index contributed by atoms with van der Waals surface area (Å²) in [4.78, 5) is 10.8. The van der Waals surface area contributed by atoms with Crippen LogP contribution in [0.15, 0.2) is 30.5 Å². The standard InChI is InChI=1S/C24H25F3N4S/c1-6-16(7-2)18-11-14(4)30-31-21(15(5)29-23(18)31)22-13(3)10-20(32-22)19-9-8-17(12-28-19)24(25,26)27/h8-12,16H,6-7H2,1-5H3. The molecule has 0 aliphatic heterocycles. The first-order valence-corrected chi connectivity index (χ1v) is 11.5. The number of fused-ring (bicyclic) bond motifs is 1. The molecule has 0 saturated heterocycles. The van der Waals surface area contributed by atoms with Crippen LogP contribution in [0.25, 0.3) is 26.8 Å². The van der Waals surface area contributed by atoms with Crippen molar-refractivity contribution in [1.29, 1.82) is 0 Å². The Labute approximate surface area is 189 Å². The third-order valence-corrected chi connectivity index (χ3v) is 7.08. The minimum absolute atomic E-state index is 0.408. The highest BCUT2D eigenvalue weighted by atomic mass is 32.1. The van der Waals surface area contributed by atoms with Gasteiger partial charge in [0.2, 0.25) is 0 Å². The number of pyridine rings is 1. The Bertz CT molecular complexity index is 1270. The average molecular weight is 459 g/mol. The predicted molar refractivity (Wildman–Crippen MR) is 122 cm³/mol. The van der Waals surface area contributed by atoms with Gasteiger partial charge in [-0.25, -0.2) is 9.50 Å². The largest absolute Gasteiger partial charge is 0.417 e. The second kappa shape index (κ2) is 8.31. The van der Waals surface area contributed by atoms with Gasteiger partial charge in [0.25, 0.3) is 0 Å². The zero-order valence-electron chi connectivity index (χ0n) is 18.7. The third-order valence-electron chi connectivity index (χ3n) is 5.81. The van der Waals surface area contributed by atoms with Gasteiger partial charge >= 0.3 is 6.18 Å². The van der Waals surface area contributed by atoms with Gasteiger partial charge in [0.1, 0.15) is 5.69 Å². The first-order valence-electron chi connectivity index (χ1n) is 10.6. The number of nitrogens with zero attached hydrogens (tertiary/aromatic N) is 4. The second-order valence-corrected chi connectivity index (χ2v) is 9.14. The van der Waals surface area contributed by atoms with Gasteiger partial charge in [-0.15, -0.1) is 11.3 Å². The van der Waals surface area contributed by atoms with Gasteiger partial charge in [-0.05, 0) is 69.4 Å². The Morgan fingerprint density at radius 3 is 2.38 bits per heavy atom. The predicted octanol–water partition coefficient (Wildman–Crippen LogP) is 7.37. The smallest absolute Gasteiger partial charge is 0.255 e. The van der Waals surface area contributed by atoms with Crippen molar-refractivity contribution < 1.29 is 13.2 Å². The summed E-state index contributed by atoms with van der Waals surface area (Å²) in [7, 11) is 0. The summed E-state index contributed by atoms with van der Waals surface area (Å²) in [5, 5.41) is 4.77. The van der Waals surface area contributed by atoms with E-state index in [1.165, 1.54) is 23.0 Å². The van der Waals surface area contributed by atoms with Crippen LogP contribution >= 0.6 is 11.3 Å². The molecule has 0 bridgehead atoms. The van der Waals surface area contributed by atoms with Gasteiger partial charge in [0.05, 0.1) is 32.4 Å². The van der Waals surface area contributed by atoms with Crippen LogP contribution in [0.2, 0.25) is 0 Å². The van der Waals surface area contributed by atoms with Crippen molar-refractivity contribution in [3.63, 3.8) is 0 Å². The topological polar surface area (TPSA) is 43.1 Å².